The van der Waals surface area contributed by atoms with Gasteiger partial charge < -0.3 is 0 Å². The van der Waals surface area contributed by atoms with Crippen molar-refractivity contribution in [3.63, 3.8) is 0 Å². The van der Waals surface area contributed by atoms with Crippen LogP contribution in [0.4, 0.5) is 0 Å². The highest BCUT2D eigenvalue weighted by Crippen LogP contribution is 2.36. The number of thioether (sulfide) groups is 1. The SMILES string of the molecule is CCCCCC(C)(CCCCC)SCCC. The molecule has 0 aliphatic carbocycles. The number of rotatable bonds is 11. The van der Waals surface area contributed by atoms with Crippen molar-refractivity contribution in [1.82, 2.24) is 0 Å². The van der Waals surface area contributed by atoms with Crippen LogP contribution in [0.5, 0.6) is 0 Å². The number of unbranched alkanes of at least 4 members (excludes halogenated alkanes) is 4. The average molecular weight is 244 g/mol. The van der Waals surface area contributed by atoms with E-state index in [1.807, 2.05) is 0 Å². The van der Waals surface area contributed by atoms with Crippen LogP contribution in [-0.2, 0) is 0 Å². The second kappa shape index (κ2) is 10.5. The van der Waals surface area contributed by atoms with Gasteiger partial charge in [-0.25, -0.2) is 0 Å². The highest BCUT2D eigenvalue weighted by molar-refractivity contribution is 8.00. The molecule has 0 spiro atoms. The van der Waals surface area contributed by atoms with Gasteiger partial charge in [0.1, 0.15) is 0 Å². The Labute approximate surface area is 108 Å². The third-order valence-electron chi connectivity index (χ3n) is 3.27. The maximum absolute atomic E-state index is 2.50. The summed E-state index contributed by atoms with van der Waals surface area (Å²) in [5, 5.41) is 0. The van der Waals surface area contributed by atoms with Crippen molar-refractivity contribution in [1.29, 1.82) is 0 Å². The smallest absolute Gasteiger partial charge is 0.0131 e. The molecular formula is C15H32S. The molecule has 0 aromatic heterocycles. The molecule has 16 heavy (non-hydrogen) atoms. The monoisotopic (exact) mass is 244 g/mol. The van der Waals surface area contributed by atoms with Crippen molar-refractivity contribution in [2.75, 3.05) is 5.75 Å². The van der Waals surface area contributed by atoms with E-state index < -0.39 is 0 Å². The zero-order valence-electron chi connectivity index (χ0n) is 12.0. The third kappa shape index (κ3) is 8.50. The van der Waals surface area contributed by atoms with E-state index in [-0.39, 0.29) is 0 Å². The van der Waals surface area contributed by atoms with E-state index in [0.29, 0.717) is 4.75 Å². The first-order valence-corrected chi connectivity index (χ1v) is 8.31. The molecule has 0 heterocycles. The fraction of sp³-hybridized carbons (Fsp3) is 1.00. The number of hydrogen-bond donors (Lipinski definition) is 0. The molecular weight excluding hydrogens is 212 g/mol. The summed E-state index contributed by atoms with van der Waals surface area (Å²) in [6.45, 7) is 9.39. The van der Waals surface area contributed by atoms with Gasteiger partial charge in [-0.1, -0.05) is 66.2 Å². The van der Waals surface area contributed by atoms with E-state index in [4.69, 9.17) is 0 Å². The van der Waals surface area contributed by atoms with E-state index in [1.54, 1.807) is 0 Å². The molecule has 0 fully saturated rings. The van der Waals surface area contributed by atoms with Gasteiger partial charge in [-0.2, -0.15) is 11.8 Å². The van der Waals surface area contributed by atoms with Gasteiger partial charge in [0.15, 0.2) is 0 Å². The average Bonchev–Trinajstić information content (AvgIpc) is 2.27. The Hall–Kier alpha value is 0.350. The molecule has 0 unspecified atom stereocenters. The summed E-state index contributed by atoms with van der Waals surface area (Å²) in [5.74, 6) is 1.34. The van der Waals surface area contributed by atoms with Crippen LogP contribution < -0.4 is 0 Å². The highest BCUT2D eigenvalue weighted by atomic mass is 32.2. The van der Waals surface area contributed by atoms with Gasteiger partial charge in [-0.3, -0.25) is 0 Å². The zero-order chi connectivity index (χ0) is 12.3. The van der Waals surface area contributed by atoms with Crippen LogP contribution in [0.15, 0.2) is 0 Å². The first-order chi connectivity index (χ1) is 7.68. The fourth-order valence-corrected chi connectivity index (χ4v) is 3.39. The second-order valence-electron chi connectivity index (χ2n) is 5.21. The highest BCUT2D eigenvalue weighted by Gasteiger charge is 2.22. The van der Waals surface area contributed by atoms with E-state index in [1.165, 1.54) is 63.5 Å². The molecule has 0 aliphatic heterocycles. The maximum atomic E-state index is 2.50. The molecule has 0 N–H and O–H groups in total. The Morgan fingerprint density at radius 2 is 1.25 bits per heavy atom. The van der Waals surface area contributed by atoms with Crippen molar-refractivity contribution in [2.45, 2.75) is 90.2 Å². The van der Waals surface area contributed by atoms with Crippen molar-refractivity contribution in [2.24, 2.45) is 0 Å². The fourth-order valence-electron chi connectivity index (χ4n) is 2.12. The van der Waals surface area contributed by atoms with E-state index in [9.17, 15) is 0 Å². The minimum absolute atomic E-state index is 0.570. The van der Waals surface area contributed by atoms with Crippen molar-refractivity contribution in [3.05, 3.63) is 0 Å². The molecule has 0 aliphatic rings. The normalized spacial score (nSPS) is 12.0. The summed E-state index contributed by atoms with van der Waals surface area (Å²) in [4.78, 5) is 0. The molecule has 98 valence electrons. The summed E-state index contributed by atoms with van der Waals surface area (Å²) >= 11 is 2.22. The predicted octanol–water partition coefficient (Wildman–Crippen LogP) is 6.05. The molecule has 0 bridgehead atoms. The summed E-state index contributed by atoms with van der Waals surface area (Å²) in [5.41, 5.74) is 0. The topological polar surface area (TPSA) is 0 Å². The molecule has 0 aromatic carbocycles. The minimum atomic E-state index is 0.570. The van der Waals surface area contributed by atoms with Crippen LogP contribution in [0.25, 0.3) is 0 Å². The summed E-state index contributed by atoms with van der Waals surface area (Å²) < 4.78 is 0.570. The summed E-state index contributed by atoms with van der Waals surface area (Å²) in [7, 11) is 0. The van der Waals surface area contributed by atoms with Crippen LogP contribution in [0.1, 0.15) is 85.5 Å². The first-order valence-electron chi connectivity index (χ1n) is 7.32. The van der Waals surface area contributed by atoms with E-state index in [2.05, 4.69) is 39.5 Å². The van der Waals surface area contributed by atoms with Gasteiger partial charge in [0.05, 0.1) is 0 Å². The lowest BCUT2D eigenvalue weighted by Gasteiger charge is -2.29. The van der Waals surface area contributed by atoms with Crippen LogP contribution >= 0.6 is 11.8 Å². The molecule has 0 saturated heterocycles. The largest absolute Gasteiger partial charge is 0.155 e. The minimum Gasteiger partial charge on any atom is -0.155 e. The molecule has 0 nitrogen and oxygen atoms in total. The van der Waals surface area contributed by atoms with E-state index in [0.717, 1.165) is 0 Å². The van der Waals surface area contributed by atoms with Crippen molar-refractivity contribution < 1.29 is 0 Å². The molecule has 0 amide bonds. The second-order valence-corrected chi connectivity index (χ2v) is 6.90. The first kappa shape index (κ1) is 16.4. The summed E-state index contributed by atoms with van der Waals surface area (Å²) in [6.07, 6.45) is 12.6. The zero-order valence-corrected chi connectivity index (χ0v) is 12.8. The van der Waals surface area contributed by atoms with Crippen LogP contribution in [0.2, 0.25) is 0 Å². The van der Waals surface area contributed by atoms with Crippen LogP contribution in [-0.4, -0.2) is 10.5 Å². The molecule has 0 radical (unpaired) electrons. The van der Waals surface area contributed by atoms with Crippen molar-refractivity contribution in [3.8, 4) is 0 Å². The Balaban J connectivity index is 3.91. The van der Waals surface area contributed by atoms with Crippen LogP contribution in [0.3, 0.4) is 0 Å². The van der Waals surface area contributed by atoms with Gasteiger partial charge in [-0.15, -0.1) is 0 Å². The Kier molecular flexibility index (Phi) is 10.7. The Bertz CT molecular complexity index is 132. The van der Waals surface area contributed by atoms with Gasteiger partial charge in [0.2, 0.25) is 0 Å². The van der Waals surface area contributed by atoms with Crippen molar-refractivity contribution >= 4 is 11.8 Å². The molecule has 1 heteroatoms. The molecule has 0 aromatic rings. The lowest BCUT2D eigenvalue weighted by molar-refractivity contribution is 0.482. The van der Waals surface area contributed by atoms with Gasteiger partial charge in [0.25, 0.3) is 0 Å². The predicted molar refractivity (Wildman–Crippen MR) is 79.4 cm³/mol. The van der Waals surface area contributed by atoms with Gasteiger partial charge >= 0.3 is 0 Å². The standard InChI is InChI=1S/C15H32S/c1-5-8-10-12-15(4,16-14-7-3)13-11-9-6-2/h5-14H2,1-4H3. The number of hydrogen-bond acceptors (Lipinski definition) is 1. The lowest BCUT2D eigenvalue weighted by atomic mass is 9.96. The van der Waals surface area contributed by atoms with Gasteiger partial charge in [-0.05, 0) is 25.0 Å². The van der Waals surface area contributed by atoms with Gasteiger partial charge in [0, 0.05) is 4.75 Å². The summed E-state index contributed by atoms with van der Waals surface area (Å²) in [6, 6.07) is 0. The maximum Gasteiger partial charge on any atom is 0.0131 e. The third-order valence-corrected chi connectivity index (χ3v) is 4.99. The molecule has 0 saturated carbocycles. The Morgan fingerprint density at radius 1 is 0.750 bits per heavy atom. The van der Waals surface area contributed by atoms with Crippen LogP contribution in [0, 0.1) is 0 Å². The quantitative estimate of drug-likeness (QED) is 0.399. The molecule has 0 rings (SSSR count). The van der Waals surface area contributed by atoms with E-state index >= 15 is 0 Å². The molecule has 0 atom stereocenters. The lowest BCUT2D eigenvalue weighted by Crippen LogP contribution is -2.20. The Morgan fingerprint density at radius 3 is 1.62 bits per heavy atom.